The molecule has 0 amide bonds. The fourth-order valence-corrected chi connectivity index (χ4v) is 8.01. The molecule has 4 aliphatic rings. The van der Waals surface area contributed by atoms with E-state index in [1.807, 2.05) is 27.7 Å². The van der Waals surface area contributed by atoms with Gasteiger partial charge in [-0.1, -0.05) is 12.1 Å². The largest absolute Gasteiger partial charge is 0.507 e. The van der Waals surface area contributed by atoms with Crippen LogP contribution in [0, 0.1) is 0 Å². The van der Waals surface area contributed by atoms with E-state index in [1.54, 1.807) is 19.9 Å². The predicted octanol–water partition coefficient (Wildman–Crippen LogP) is 3.30. The maximum absolute atomic E-state index is 14.0. The molecule has 7 N–H and O–H groups in total. The zero-order valence-corrected chi connectivity index (χ0v) is 29.4. The maximum atomic E-state index is 14.0. The highest BCUT2D eigenvalue weighted by atomic mass is 16.7. The molecule has 0 unspecified atom stereocenters. The van der Waals surface area contributed by atoms with E-state index in [0.29, 0.717) is 18.6 Å². The topological polar surface area (TPSA) is 217 Å². The Kier molecular flexibility index (Phi) is 8.99. The second kappa shape index (κ2) is 12.5. The average molecular weight is 695 g/mol. The summed E-state index contributed by atoms with van der Waals surface area (Å²) >= 11 is 0. The summed E-state index contributed by atoms with van der Waals surface area (Å²) in [6.07, 6.45) is -3.44. The van der Waals surface area contributed by atoms with Crippen molar-refractivity contribution in [3.63, 3.8) is 0 Å². The molecular formula is C36H46N4O10. The molecule has 270 valence electrons. The van der Waals surface area contributed by atoms with E-state index in [-0.39, 0.29) is 53.0 Å². The Morgan fingerprint density at radius 1 is 1.02 bits per heavy atom. The second-order valence-corrected chi connectivity index (χ2v) is 15.2. The molecule has 6 atom stereocenters. The number of aromatic hydroxyl groups is 2. The lowest BCUT2D eigenvalue weighted by atomic mass is 9.71. The molecule has 2 aliphatic carbocycles. The Morgan fingerprint density at radius 2 is 1.66 bits per heavy atom. The summed E-state index contributed by atoms with van der Waals surface area (Å²) in [4.78, 5) is 27.9. The van der Waals surface area contributed by atoms with E-state index in [1.165, 1.54) is 24.3 Å². The molecule has 6 rings (SSSR count). The molecule has 0 bridgehead atoms. The lowest BCUT2D eigenvalue weighted by Gasteiger charge is -2.48. The molecule has 0 radical (unpaired) electrons. The van der Waals surface area contributed by atoms with Gasteiger partial charge in [-0.05, 0) is 47.6 Å². The first-order valence-corrected chi connectivity index (χ1v) is 16.7. The third-order valence-corrected chi connectivity index (χ3v) is 10.6. The lowest BCUT2D eigenvalue weighted by Crippen LogP contribution is -2.59. The monoisotopic (exact) mass is 694 g/mol. The number of hydrogen-bond acceptors (Lipinski definition) is 14. The van der Waals surface area contributed by atoms with Crippen LogP contribution in [0.2, 0.25) is 0 Å². The normalized spacial score (nSPS) is 30.7. The lowest BCUT2D eigenvalue weighted by molar-refractivity contribution is -0.245. The number of aliphatic hydroxyl groups excluding tert-OH is 1. The van der Waals surface area contributed by atoms with Crippen LogP contribution in [0.15, 0.2) is 28.4 Å². The van der Waals surface area contributed by atoms with Crippen molar-refractivity contribution in [1.29, 1.82) is 0 Å². The van der Waals surface area contributed by atoms with Gasteiger partial charge in [-0.15, -0.1) is 0 Å². The van der Waals surface area contributed by atoms with Gasteiger partial charge in [-0.25, -0.2) is 0 Å². The number of aliphatic hydroxyl groups is 2. The number of phenols is 2. The van der Waals surface area contributed by atoms with E-state index in [0.717, 1.165) is 0 Å². The molecule has 2 heterocycles. The molecule has 2 fully saturated rings. The van der Waals surface area contributed by atoms with Crippen LogP contribution < -0.4 is 10.5 Å². The van der Waals surface area contributed by atoms with E-state index in [4.69, 9.17) is 19.9 Å². The van der Waals surface area contributed by atoms with Crippen molar-refractivity contribution in [3.05, 3.63) is 51.6 Å². The van der Waals surface area contributed by atoms with E-state index >= 15 is 0 Å². The van der Waals surface area contributed by atoms with Crippen LogP contribution in [0.1, 0.15) is 116 Å². The van der Waals surface area contributed by atoms with E-state index in [9.17, 15) is 35.2 Å². The predicted molar refractivity (Wildman–Crippen MR) is 181 cm³/mol. The van der Waals surface area contributed by atoms with Gasteiger partial charge >= 0.3 is 0 Å². The highest BCUT2D eigenvalue weighted by Crippen LogP contribution is 2.52. The number of phenolic OH excluding ortho intramolecular Hbond substituents is 2. The third-order valence-electron chi connectivity index (χ3n) is 10.6. The van der Waals surface area contributed by atoms with Crippen LogP contribution in [-0.4, -0.2) is 102 Å². The van der Waals surface area contributed by atoms with Crippen molar-refractivity contribution in [1.82, 2.24) is 5.06 Å². The zero-order valence-electron chi connectivity index (χ0n) is 29.4. The van der Waals surface area contributed by atoms with Crippen molar-refractivity contribution in [2.45, 2.75) is 121 Å². The third kappa shape index (κ3) is 5.82. The van der Waals surface area contributed by atoms with Crippen LogP contribution >= 0.6 is 0 Å². The molecule has 14 heteroatoms. The number of methoxy groups -OCH3 is 1. The van der Waals surface area contributed by atoms with Crippen LogP contribution in [0.4, 0.5) is 0 Å². The van der Waals surface area contributed by atoms with Gasteiger partial charge in [-0.2, -0.15) is 15.3 Å². The number of fused-ring (bicyclic) bond motifs is 3. The Hall–Kier alpha value is -3.76. The molecule has 2 aromatic carbocycles. The smallest absolute Gasteiger partial charge is 0.202 e. The Labute approximate surface area is 290 Å². The van der Waals surface area contributed by atoms with Crippen molar-refractivity contribution in [2.75, 3.05) is 7.11 Å². The van der Waals surface area contributed by atoms with Crippen molar-refractivity contribution in [2.24, 2.45) is 15.9 Å². The number of ketones is 2. The summed E-state index contributed by atoms with van der Waals surface area (Å²) in [6.45, 7) is 10.8. The molecular weight excluding hydrogens is 648 g/mol. The maximum Gasteiger partial charge on any atom is 0.202 e. The summed E-state index contributed by atoms with van der Waals surface area (Å²) in [5, 5.41) is 67.3. The van der Waals surface area contributed by atoms with Crippen molar-refractivity contribution >= 4 is 23.0 Å². The van der Waals surface area contributed by atoms with Gasteiger partial charge in [0.05, 0.1) is 47.8 Å². The molecule has 2 saturated heterocycles. The number of piperidine rings is 1. The van der Waals surface area contributed by atoms with Crippen molar-refractivity contribution in [3.8, 4) is 17.2 Å². The van der Waals surface area contributed by atoms with Gasteiger partial charge in [0.15, 0.2) is 12.1 Å². The minimum absolute atomic E-state index is 0.000790. The minimum Gasteiger partial charge on any atom is -0.507 e. The minimum atomic E-state index is -1.81. The number of rotatable bonds is 5. The standard InChI is InChI=1S/C36H46N4O10/c1-16-29(41)21(37)11-24(49-16)50-23-15-36(46,17(2)38-39-18-12-34(3,4)40(47)35(5,6)13-18)14-20-26(23)33(45)28-27(31(20)43)30(42)19-9-8-10-22(48-7)25(19)32(28)44/h8-10,16,21,23-24,29,41,43,45-47H,11-15,37H2,1-7H3/b38-17-/t16-,21+,23-,24-,29+,36-/m0/s1. The summed E-state index contributed by atoms with van der Waals surface area (Å²) in [6, 6.07) is 3.82. The number of ether oxygens (including phenoxy) is 3. The molecule has 2 aromatic rings. The van der Waals surface area contributed by atoms with Crippen LogP contribution in [-0.2, 0) is 15.9 Å². The van der Waals surface area contributed by atoms with Gasteiger partial charge in [-0.3, -0.25) is 9.59 Å². The first-order chi connectivity index (χ1) is 23.3. The first-order valence-electron chi connectivity index (χ1n) is 16.7. The highest BCUT2D eigenvalue weighted by Gasteiger charge is 2.49. The SMILES string of the molecule is COc1cccc2c1C(=O)c1c(O)c3c(c(O)c1C2=O)C[C@@](O)(/C(C)=N\N=C1CC(C)(C)N(O)C(C)(C)C1)C[C@@H]3O[C@H]1C[C@@H](N)[C@H](O)[C@H](C)O1. The summed E-state index contributed by atoms with van der Waals surface area (Å²) in [5.41, 5.74) is 3.18. The van der Waals surface area contributed by atoms with Crippen molar-refractivity contribution < 1.29 is 49.4 Å². The second-order valence-electron chi connectivity index (χ2n) is 15.2. The number of hydrogen-bond donors (Lipinski definition) is 6. The van der Waals surface area contributed by atoms with Crippen LogP contribution in [0.25, 0.3) is 0 Å². The zero-order chi connectivity index (χ0) is 36.7. The van der Waals surface area contributed by atoms with E-state index in [2.05, 4.69) is 10.2 Å². The van der Waals surface area contributed by atoms with Gasteiger partial charge in [0, 0.05) is 71.6 Å². The number of carbonyl (C=O) groups excluding carboxylic acids is 2. The average Bonchev–Trinajstić information content (AvgIpc) is 3.04. The summed E-state index contributed by atoms with van der Waals surface area (Å²) in [5.74, 6) is -2.43. The first kappa shape index (κ1) is 36.0. The molecule has 0 spiro atoms. The number of nitrogens with zero attached hydrogens (tertiary/aromatic N) is 3. The Bertz CT molecular complexity index is 1790. The fourth-order valence-electron chi connectivity index (χ4n) is 8.01. The van der Waals surface area contributed by atoms with Gasteiger partial charge in [0.2, 0.25) is 5.78 Å². The van der Waals surface area contributed by atoms with Crippen LogP contribution in [0.5, 0.6) is 17.2 Å². The van der Waals surface area contributed by atoms with Gasteiger partial charge in [0.1, 0.15) is 22.8 Å². The van der Waals surface area contributed by atoms with Gasteiger partial charge < -0.3 is 45.6 Å². The molecule has 50 heavy (non-hydrogen) atoms. The van der Waals surface area contributed by atoms with E-state index < -0.39 is 81.5 Å². The summed E-state index contributed by atoms with van der Waals surface area (Å²) < 4.78 is 17.6. The Morgan fingerprint density at radius 3 is 2.28 bits per heavy atom. The number of nitrogens with two attached hydrogens (primary N) is 1. The molecule has 0 aromatic heterocycles. The van der Waals surface area contributed by atoms with Crippen LogP contribution in [0.3, 0.4) is 0 Å². The Balaban J connectivity index is 1.46. The molecule has 14 nitrogen and oxygen atoms in total. The van der Waals surface area contributed by atoms with Gasteiger partial charge in [0.25, 0.3) is 0 Å². The number of carbonyl (C=O) groups is 2. The highest BCUT2D eigenvalue weighted by molar-refractivity contribution is 6.31. The summed E-state index contributed by atoms with van der Waals surface area (Å²) in [7, 11) is 1.36. The quantitative estimate of drug-likeness (QED) is 0.129. The fraction of sp³-hybridized carbons (Fsp3) is 0.556. The number of hydroxylamine groups is 2. The molecule has 2 aliphatic heterocycles. The molecule has 0 saturated carbocycles. The number of benzene rings is 2.